The van der Waals surface area contributed by atoms with Crippen LogP contribution in [0.3, 0.4) is 0 Å². The first-order valence-electron chi connectivity index (χ1n) is 7.13. The van der Waals surface area contributed by atoms with Crippen molar-refractivity contribution in [3.63, 3.8) is 0 Å². The normalized spacial score (nSPS) is 21.8. The molecule has 2 heterocycles. The van der Waals surface area contributed by atoms with E-state index in [1.807, 2.05) is 25.1 Å². The zero-order valence-corrected chi connectivity index (χ0v) is 12.4. The average molecular weight is 277 g/mol. The van der Waals surface area contributed by atoms with Gasteiger partial charge in [-0.3, -0.25) is 9.78 Å². The van der Waals surface area contributed by atoms with Crippen molar-refractivity contribution in [2.45, 2.75) is 44.8 Å². The zero-order valence-electron chi connectivity index (χ0n) is 12.4. The lowest BCUT2D eigenvalue weighted by molar-refractivity contribution is -0.116. The van der Waals surface area contributed by atoms with Gasteiger partial charge < -0.3 is 15.0 Å². The van der Waals surface area contributed by atoms with Crippen LogP contribution in [-0.4, -0.2) is 37.2 Å². The van der Waals surface area contributed by atoms with Crippen molar-refractivity contribution in [3.8, 4) is 0 Å². The highest BCUT2D eigenvalue weighted by atomic mass is 16.5. The van der Waals surface area contributed by atoms with E-state index >= 15 is 0 Å². The number of carbonyl (C=O) groups excluding carboxylic acids is 1. The summed E-state index contributed by atoms with van der Waals surface area (Å²) in [4.78, 5) is 18.0. The van der Waals surface area contributed by atoms with Gasteiger partial charge in [-0.15, -0.1) is 0 Å². The minimum absolute atomic E-state index is 0.0178. The number of hydrogen-bond donors (Lipinski definition) is 1. The summed E-state index contributed by atoms with van der Waals surface area (Å²) < 4.78 is 5.72. The number of pyridine rings is 1. The second kappa shape index (κ2) is 6.70. The maximum absolute atomic E-state index is 12.0. The van der Waals surface area contributed by atoms with Gasteiger partial charge in [-0.1, -0.05) is 0 Å². The lowest BCUT2D eigenvalue weighted by Crippen LogP contribution is -2.18. The fraction of sp³-hybridized carbons (Fsp3) is 0.600. The fourth-order valence-corrected chi connectivity index (χ4v) is 2.48. The van der Waals surface area contributed by atoms with Crippen molar-refractivity contribution in [1.82, 2.24) is 4.98 Å². The Balaban J connectivity index is 1.85. The van der Waals surface area contributed by atoms with E-state index in [4.69, 9.17) is 4.74 Å². The summed E-state index contributed by atoms with van der Waals surface area (Å²) in [6.45, 7) is 2.08. The number of rotatable bonds is 5. The molecule has 5 heteroatoms. The molecule has 1 aliphatic rings. The van der Waals surface area contributed by atoms with Gasteiger partial charge in [-0.25, -0.2) is 0 Å². The Kier molecular flexibility index (Phi) is 4.95. The quantitative estimate of drug-likeness (QED) is 0.898. The molecule has 2 unspecified atom stereocenters. The third kappa shape index (κ3) is 3.93. The minimum Gasteiger partial charge on any atom is -0.376 e. The van der Waals surface area contributed by atoms with Crippen LogP contribution in [0.2, 0.25) is 0 Å². The molecule has 1 amide bonds. The van der Waals surface area contributed by atoms with Crippen LogP contribution < -0.4 is 10.2 Å². The number of nitrogens with zero attached hydrogens (tertiary/aromatic N) is 2. The molecule has 0 radical (unpaired) electrons. The number of nitrogens with one attached hydrogen (secondary N) is 1. The van der Waals surface area contributed by atoms with E-state index in [1.165, 1.54) is 0 Å². The molecular formula is C15H23N3O2. The number of hydrogen-bond acceptors (Lipinski definition) is 4. The molecule has 0 aliphatic carbocycles. The molecule has 5 nitrogen and oxygen atoms in total. The molecule has 110 valence electrons. The number of amides is 1. The van der Waals surface area contributed by atoms with Gasteiger partial charge >= 0.3 is 0 Å². The first-order chi connectivity index (χ1) is 9.56. The highest BCUT2D eigenvalue weighted by Gasteiger charge is 2.22. The zero-order chi connectivity index (χ0) is 14.5. The molecule has 1 saturated heterocycles. The molecule has 2 atom stereocenters. The largest absolute Gasteiger partial charge is 0.376 e. The minimum atomic E-state index is 0.0178. The van der Waals surface area contributed by atoms with Crippen molar-refractivity contribution in [2.75, 3.05) is 24.3 Å². The van der Waals surface area contributed by atoms with Crippen LogP contribution in [0.5, 0.6) is 0 Å². The predicted octanol–water partition coefficient (Wildman–Crippen LogP) is 2.43. The van der Waals surface area contributed by atoms with E-state index in [1.54, 1.807) is 12.4 Å². The van der Waals surface area contributed by atoms with Gasteiger partial charge in [0.2, 0.25) is 5.91 Å². The van der Waals surface area contributed by atoms with Gasteiger partial charge in [-0.2, -0.15) is 0 Å². The number of ether oxygens (including phenoxy) is 1. The third-order valence-electron chi connectivity index (χ3n) is 3.57. The van der Waals surface area contributed by atoms with Crippen molar-refractivity contribution >= 4 is 17.3 Å². The van der Waals surface area contributed by atoms with E-state index in [0.717, 1.165) is 30.6 Å². The Morgan fingerprint density at radius 2 is 2.30 bits per heavy atom. The van der Waals surface area contributed by atoms with Crippen molar-refractivity contribution in [3.05, 3.63) is 18.5 Å². The van der Waals surface area contributed by atoms with Crippen molar-refractivity contribution in [1.29, 1.82) is 0 Å². The second-order valence-corrected chi connectivity index (χ2v) is 5.52. The molecule has 0 saturated carbocycles. The van der Waals surface area contributed by atoms with Gasteiger partial charge in [-0.05, 0) is 32.3 Å². The van der Waals surface area contributed by atoms with Gasteiger partial charge in [0, 0.05) is 26.7 Å². The smallest absolute Gasteiger partial charge is 0.224 e. The lowest BCUT2D eigenvalue weighted by Gasteiger charge is -2.17. The van der Waals surface area contributed by atoms with Crippen molar-refractivity contribution in [2.24, 2.45) is 0 Å². The third-order valence-corrected chi connectivity index (χ3v) is 3.57. The Hall–Kier alpha value is -1.62. The van der Waals surface area contributed by atoms with Gasteiger partial charge in [0.1, 0.15) is 0 Å². The van der Waals surface area contributed by atoms with Gasteiger partial charge in [0.25, 0.3) is 0 Å². The number of aromatic nitrogens is 1. The maximum Gasteiger partial charge on any atom is 0.224 e. The molecule has 0 aromatic carbocycles. The number of anilines is 2. The lowest BCUT2D eigenvalue weighted by atomic mass is 10.1. The van der Waals surface area contributed by atoms with Gasteiger partial charge in [0.15, 0.2) is 0 Å². The molecule has 0 bridgehead atoms. The van der Waals surface area contributed by atoms with Crippen LogP contribution in [-0.2, 0) is 9.53 Å². The Labute approximate surface area is 120 Å². The summed E-state index contributed by atoms with van der Waals surface area (Å²) in [7, 11) is 3.89. The molecule has 1 N–H and O–H groups in total. The van der Waals surface area contributed by atoms with Gasteiger partial charge in [0.05, 0.1) is 29.8 Å². The van der Waals surface area contributed by atoms with E-state index in [0.29, 0.717) is 12.5 Å². The molecule has 20 heavy (non-hydrogen) atoms. The SMILES string of the molecule is CC1CCC(CCC(=O)Nc2cnccc2N(C)C)O1. The van der Waals surface area contributed by atoms with E-state index < -0.39 is 0 Å². The van der Waals surface area contributed by atoms with Crippen LogP contribution in [0, 0.1) is 0 Å². The second-order valence-electron chi connectivity index (χ2n) is 5.52. The Bertz CT molecular complexity index is 462. The Morgan fingerprint density at radius 3 is 2.95 bits per heavy atom. The summed E-state index contributed by atoms with van der Waals surface area (Å²) in [5.41, 5.74) is 1.71. The molecular weight excluding hydrogens is 254 g/mol. The summed E-state index contributed by atoms with van der Waals surface area (Å²) in [6, 6.07) is 1.89. The van der Waals surface area contributed by atoms with Crippen LogP contribution in [0.4, 0.5) is 11.4 Å². The van der Waals surface area contributed by atoms with E-state index in [-0.39, 0.29) is 12.0 Å². The molecule has 0 spiro atoms. The van der Waals surface area contributed by atoms with Crippen LogP contribution in [0.1, 0.15) is 32.6 Å². The summed E-state index contributed by atoms with van der Waals surface area (Å²) in [5, 5.41) is 2.93. The van der Waals surface area contributed by atoms with E-state index in [9.17, 15) is 4.79 Å². The van der Waals surface area contributed by atoms with Crippen LogP contribution in [0.25, 0.3) is 0 Å². The fourth-order valence-electron chi connectivity index (χ4n) is 2.48. The molecule has 1 fully saturated rings. The summed E-state index contributed by atoms with van der Waals surface area (Å²) >= 11 is 0. The topological polar surface area (TPSA) is 54.5 Å². The maximum atomic E-state index is 12.0. The Morgan fingerprint density at radius 1 is 1.50 bits per heavy atom. The molecule has 1 aromatic rings. The number of carbonyl (C=O) groups is 1. The summed E-state index contributed by atoms with van der Waals surface area (Å²) in [6.07, 6.45) is 7.40. The highest BCUT2D eigenvalue weighted by Crippen LogP contribution is 2.24. The molecule has 1 aliphatic heterocycles. The molecule has 1 aromatic heterocycles. The van der Waals surface area contributed by atoms with Crippen LogP contribution >= 0.6 is 0 Å². The first-order valence-corrected chi connectivity index (χ1v) is 7.13. The highest BCUT2D eigenvalue weighted by molar-refractivity contribution is 5.94. The standard InChI is InChI=1S/C15H23N3O2/c1-11-4-5-12(20-11)6-7-15(19)17-13-10-16-9-8-14(13)18(2)3/h8-12H,4-7H2,1-3H3,(H,17,19). The van der Waals surface area contributed by atoms with E-state index in [2.05, 4.69) is 17.2 Å². The predicted molar refractivity (Wildman–Crippen MR) is 80.0 cm³/mol. The molecule has 2 rings (SSSR count). The first kappa shape index (κ1) is 14.8. The average Bonchev–Trinajstić information content (AvgIpc) is 2.83. The summed E-state index contributed by atoms with van der Waals surface area (Å²) in [5.74, 6) is 0.0178. The van der Waals surface area contributed by atoms with Crippen molar-refractivity contribution < 1.29 is 9.53 Å². The van der Waals surface area contributed by atoms with Crippen LogP contribution in [0.15, 0.2) is 18.5 Å². The monoisotopic (exact) mass is 277 g/mol.